The van der Waals surface area contributed by atoms with Crippen molar-refractivity contribution in [2.24, 2.45) is 28.8 Å². The van der Waals surface area contributed by atoms with E-state index in [1.807, 2.05) is 0 Å². The van der Waals surface area contributed by atoms with Crippen molar-refractivity contribution in [3.63, 3.8) is 0 Å². The van der Waals surface area contributed by atoms with Crippen molar-refractivity contribution < 1.29 is 22.7 Å². The van der Waals surface area contributed by atoms with Gasteiger partial charge in [-0.1, -0.05) is 17.7 Å². The molecule has 4 nitrogen and oxygen atoms in total. The van der Waals surface area contributed by atoms with Gasteiger partial charge in [-0.2, -0.15) is 5.10 Å². The van der Waals surface area contributed by atoms with Gasteiger partial charge in [0.15, 0.2) is 0 Å². The van der Waals surface area contributed by atoms with Gasteiger partial charge < -0.3 is 4.74 Å². The van der Waals surface area contributed by atoms with Gasteiger partial charge >= 0.3 is 0 Å². The molecule has 0 aromatic heterocycles. The summed E-state index contributed by atoms with van der Waals surface area (Å²) >= 11 is 5.99. The van der Waals surface area contributed by atoms with Crippen LogP contribution in [0.5, 0.6) is 5.75 Å². The van der Waals surface area contributed by atoms with E-state index in [1.54, 1.807) is 18.3 Å². The average Bonchev–Trinajstić information content (AvgIpc) is 3.22. The third-order valence-electron chi connectivity index (χ3n) is 7.02. The molecule has 0 radical (unpaired) electrons. The van der Waals surface area contributed by atoms with Crippen LogP contribution in [0.4, 0.5) is 13.2 Å². The van der Waals surface area contributed by atoms with Crippen LogP contribution in [0.25, 0.3) is 0 Å². The monoisotopic (exact) mass is 462 g/mol. The summed E-state index contributed by atoms with van der Waals surface area (Å²) in [6.07, 6.45) is 4.52. The molecule has 0 saturated heterocycles. The van der Waals surface area contributed by atoms with Gasteiger partial charge in [0, 0.05) is 24.6 Å². The van der Waals surface area contributed by atoms with Gasteiger partial charge in [0.25, 0.3) is 0 Å². The van der Waals surface area contributed by atoms with E-state index in [0.717, 1.165) is 18.9 Å². The topological polar surface area (TPSA) is 41.9 Å². The van der Waals surface area contributed by atoms with Crippen LogP contribution in [0.15, 0.2) is 41.5 Å². The normalized spacial score (nSPS) is 28.5. The molecule has 3 saturated carbocycles. The second-order valence-electron chi connectivity index (χ2n) is 8.89. The Bertz CT molecular complexity index is 1050. The molecule has 0 spiro atoms. The highest BCUT2D eigenvalue weighted by Gasteiger charge is 2.50. The maximum absolute atomic E-state index is 13.7. The highest BCUT2D eigenvalue weighted by molar-refractivity contribution is 6.32. The van der Waals surface area contributed by atoms with E-state index in [-0.39, 0.29) is 28.7 Å². The SMILES string of the molecule is O=C([C@H]1C[C@@H](COc2cccc(F)c2Cl)C2CC1C2)N1N=CCC1c1cc(F)cc(F)c1. The zero-order valence-electron chi connectivity index (χ0n) is 17.2. The summed E-state index contributed by atoms with van der Waals surface area (Å²) in [5.41, 5.74) is 0.399. The molecule has 0 N–H and O–H groups in total. The lowest BCUT2D eigenvalue weighted by molar-refractivity contribution is -0.148. The molecule has 3 aliphatic carbocycles. The van der Waals surface area contributed by atoms with Crippen LogP contribution in [-0.2, 0) is 4.79 Å². The van der Waals surface area contributed by atoms with Gasteiger partial charge in [-0.05, 0) is 66.8 Å². The molecule has 2 aromatic rings. The first-order valence-corrected chi connectivity index (χ1v) is 11.2. The molecule has 1 aliphatic heterocycles. The van der Waals surface area contributed by atoms with Crippen LogP contribution in [0.2, 0.25) is 5.02 Å². The maximum atomic E-state index is 13.7. The van der Waals surface area contributed by atoms with Crippen LogP contribution in [-0.4, -0.2) is 23.7 Å². The first kappa shape index (κ1) is 21.3. The van der Waals surface area contributed by atoms with Gasteiger partial charge in [-0.15, -0.1) is 0 Å². The highest BCUT2D eigenvalue weighted by atomic mass is 35.5. The number of fused-ring (bicyclic) bond motifs is 2. The third kappa shape index (κ3) is 3.87. The molecule has 1 amide bonds. The number of ether oxygens (including phenoxy) is 1. The molecule has 1 unspecified atom stereocenters. The van der Waals surface area contributed by atoms with Gasteiger partial charge in [0.2, 0.25) is 5.91 Å². The predicted molar refractivity (Wildman–Crippen MR) is 114 cm³/mol. The smallest absolute Gasteiger partial charge is 0.246 e. The Kier molecular flexibility index (Phi) is 5.61. The molecule has 8 heteroatoms. The molecule has 6 rings (SSSR count). The second kappa shape index (κ2) is 8.43. The summed E-state index contributed by atoms with van der Waals surface area (Å²) in [5, 5.41) is 5.59. The molecule has 2 aromatic carbocycles. The molecule has 1 heterocycles. The van der Waals surface area contributed by atoms with E-state index in [1.165, 1.54) is 23.2 Å². The standard InChI is InChI=1S/C24H22ClF3N2O2/c25-23-20(28)2-1-3-22(23)32-12-16-10-19(14-6-13(16)7-14)24(31)30-21(4-5-29-30)15-8-17(26)11-18(27)9-15/h1-3,5,8-9,11,13-14,16,19,21H,4,6-7,10,12H2/t13?,14?,16-,19-,21?/m0/s1. The number of nitrogens with zero attached hydrogens (tertiary/aromatic N) is 2. The second-order valence-corrected chi connectivity index (χ2v) is 9.27. The van der Waals surface area contributed by atoms with Gasteiger partial charge in [0.1, 0.15) is 28.2 Å². The van der Waals surface area contributed by atoms with E-state index in [2.05, 4.69) is 5.10 Å². The Labute approximate surface area is 189 Å². The number of hydrogen-bond donors (Lipinski definition) is 0. The van der Waals surface area contributed by atoms with Crippen molar-refractivity contribution in [2.75, 3.05) is 6.61 Å². The molecular formula is C24H22ClF3N2O2. The maximum Gasteiger partial charge on any atom is 0.246 e. The Balaban J connectivity index is 1.28. The molecule has 4 aliphatic rings. The summed E-state index contributed by atoms with van der Waals surface area (Å²) in [6.45, 7) is 0.353. The molecule has 2 bridgehead atoms. The number of benzene rings is 2. The first-order chi connectivity index (χ1) is 15.4. The van der Waals surface area contributed by atoms with E-state index in [0.29, 0.717) is 36.7 Å². The number of rotatable bonds is 5. The quantitative estimate of drug-likeness (QED) is 0.567. The van der Waals surface area contributed by atoms with Crippen LogP contribution < -0.4 is 4.74 Å². The van der Waals surface area contributed by atoms with Crippen molar-refractivity contribution in [3.8, 4) is 5.75 Å². The van der Waals surface area contributed by atoms with Gasteiger partial charge in [-0.3, -0.25) is 4.79 Å². The molecule has 3 fully saturated rings. The van der Waals surface area contributed by atoms with Gasteiger partial charge in [-0.25, -0.2) is 18.2 Å². The Hall–Kier alpha value is -2.54. The Morgan fingerprint density at radius 1 is 1.09 bits per heavy atom. The Morgan fingerprint density at radius 2 is 1.84 bits per heavy atom. The van der Waals surface area contributed by atoms with Gasteiger partial charge in [0.05, 0.1) is 12.6 Å². The van der Waals surface area contributed by atoms with Crippen molar-refractivity contribution in [2.45, 2.75) is 31.7 Å². The lowest BCUT2D eigenvalue weighted by Gasteiger charge is -2.51. The summed E-state index contributed by atoms with van der Waals surface area (Å²) < 4.78 is 46.9. The van der Waals surface area contributed by atoms with E-state index in [9.17, 15) is 18.0 Å². The Morgan fingerprint density at radius 3 is 2.59 bits per heavy atom. The van der Waals surface area contributed by atoms with Crippen LogP contribution in [0.1, 0.15) is 37.3 Å². The summed E-state index contributed by atoms with van der Waals surface area (Å²) in [7, 11) is 0. The summed E-state index contributed by atoms with van der Waals surface area (Å²) in [6, 6.07) is 7.26. The number of carbonyl (C=O) groups is 1. The number of halogens is 4. The number of hydrazone groups is 1. The number of amides is 1. The van der Waals surface area contributed by atoms with Crippen molar-refractivity contribution in [1.29, 1.82) is 0 Å². The van der Waals surface area contributed by atoms with Crippen LogP contribution in [0.3, 0.4) is 0 Å². The summed E-state index contributed by atoms with van der Waals surface area (Å²) in [4.78, 5) is 13.4. The average molecular weight is 463 g/mol. The number of hydrogen-bond acceptors (Lipinski definition) is 3. The lowest BCUT2D eigenvalue weighted by Crippen LogP contribution is -2.50. The summed E-state index contributed by atoms with van der Waals surface area (Å²) in [5.74, 6) is -1.04. The fourth-order valence-electron chi connectivity index (χ4n) is 5.27. The van der Waals surface area contributed by atoms with E-state index in [4.69, 9.17) is 16.3 Å². The predicted octanol–water partition coefficient (Wildman–Crippen LogP) is 5.76. The zero-order valence-corrected chi connectivity index (χ0v) is 17.9. The fourth-order valence-corrected chi connectivity index (χ4v) is 5.45. The van der Waals surface area contributed by atoms with Crippen LogP contribution >= 0.6 is 11.6 Å². The molecule has 3 atom stereocenters. The first-order valence-electron chi connectivity index (χ1n) is 10.8. The highest BCUT2D eigenvalue weighted by Crippen LogP contribution is 2.53. The molecule has 32 heavy (non-hydrogen) atoms. The van der Waals surface area contributed by atoms with Crippen molar-refractivity contribution in [1.82, 2.24) is 5.01 Å². The fraction of sp³-hybridized carbons (Fsp3) is 0.417. The minimum absolute atomic E-state index is 0.0426. The molecular weight excluding hydrogens is 441 g/mol. The van der Waals surface area contributed by atoms with E-state index >= 15 is 0 Å². The van der Waals surface area contributed by atoms with Crippen molar-refractivity contribution >= 4 is 23.7 Å². The minimum atomic E-state index is -0.674. The third-order valence-corrected chi connectivity index (χ3v) is 7.38. The largest absolute Gasteiger partial charge is 0.492 e. The van der Waals surface area contributed by atoms with E-state index < -0.39 is 23.5 Å². The zero-order chi connectivity index (χ0) is 22.4. The minimum Gasteiger partial charge on any atom is -0.492 e. The molecule has 168 valence electrons. The lowest BCUT2D eigenvalue weighted by atomic mass is 9.55. The van der Waals surface area contributed by atoms with Crippen molar-refractivity contribution in [3.05, 3.63) is 64.4 Å². The van der Waals surface area contributed by atoms with Crippen LogP contribution in [0, 0.1) is 41.1 Å². The number of carbonyl (C=O) groups excluding carboxylic acids is 1.